The Kier molecular flexibility index (Phi) is 5.90. The summed E-state index contributed by atoms with van der Waals surface area (Å²) in [7, 11) is -1.19. The fourth-order valence-corrected chi connectivity index (χ4v) is 6.59. The minimum absolute atomic E-state index is 0.0186. The Labute approximate surface area is 181 Å². The number of rotatable bonds is 6. The number of para-hydroxylation sites is 2. The van der Waals surface area contributed by atoms with Gasteiger partial charge >= 0.3 is 0 Å². The number of likely N-dealkylation sites (N-methyl/N-ethyl adjacent to an activating group) is 1. The van der Waals surface area contributed by atoms with Gasteiger partial charge < -0.3 is 4.90 Å². The van der Waals surface area contributed by atoms with Gasteiger partial charge in [0.25, 0.3) is 0 Å². The van der Waals surface area contributed by atoms with Crippen molar-refractivity contribution in [1.82, 2.24) is 9.88 Å². The second-order valence-corrected chi connectivity index (χ2v) is 11.1. The first kappa shape index (κ1) is 21.0. The van der Waals surface area contributed by atoms with Crippen LogP contribution in [0, 0.1) is 0 Å². The van der Waals surface area contributed by atoms with E-state index >= 15 is 0 Å². The molecule has 0 aliphatic carbocycles. The summed E-state index contributed by atoms with van der Waals surface area (Å²) >= 11 is 1.63. The normalized spacial score (nSPS) is 19.2. The van der Waals surface area contributed by atoms with Crippen molar-refractivity contribution in [3.05, 3.63) is 59.6 Å². The predicted octanol–water partition coefficient (Wildman–Crippen LogP) is 3.51. The average molecular weight is 444 g/mol. The molecule has 0 saturated carbocycles. The van der Waals surface area contributed by atoms with Crippen LogP contribution in [0.2, 0.25) is 0 Å². The molecule has 1 fully saturated rings. The van der Waals surface area contributed by atoms with Gasteiger partial charge in [-0.3, -0.25) is 9.69 Å². The Morgan fingerprint density at radius 3 is 2.53 bits per heavy atom. The molecule has 1 amide bonds. The summed E-state index contributed by atoms with van der Waals surface area (Å²) in [5.74, 6) is 0.0514. The molecule has 0 unspecified atom stereocenters. The van der Waals surface area contributed by atoms with Gasteiger partial charge in [0, 0.05) is 5.69 Å². The van der Waals surface area contributed by atoms with Crippen LogP contribution in [0.1, 0.15) is 24.4 Å². The molecule has 4 rings (SSSR count). The SMILES string of the molecule is C[C@H](c1nc2ccccc2s1)N(C)CC(=O)N(c1ccccc1)[C@@H]1CCS(=O)(=O)C1. The van der Waals surface area contributed by atoms with E-state index in [2.05, 4.69) is 0 Å². The third kappa shape index (κ3) is 4.40. The summed E-state index contributed by atoms with van der Waals surface area (Å²) < 4.78 is 25.2. The van der Waals surface area contributed by atoms with Crippen LogP contribution in [-0.4, -0.2) is 55.3 Å². The lowest BCUT2D eigenvalue weighted by atomic mass is 10.1. The van der Waals surface area contributed by atoms with Crippen molar-refractivity contribution in [3.8, 4) is 0 Å². The molecule has 8 heteroatoms. The number of hydrogen-bond acceptors (Lipinski definition) is 6. The lowest BCUT2D eigenvalue weighted by Gasteiger charge is -2.31. The van der Waals surface area contributed by atoms with E-state index in [1.165, 1.54) is 0 Å². The number of anilines is 1. The van der Waals surface area contributed by atoms with E-state index in [9.17, 15) is 13.2 Å². The highest BCUT2D eigenvalue weighted by Gasteiger charge is 2.36. The van der Waals surface area contributed by atoms with Crippen LogP contribution in [0.3, 0.4) is 0 Å². The van der Waals surface area contributed by atoms with Crippen molar-refractivity contribution in [1.29, 1.82) is 0 Å². The summed E-state index contributed by atoms with van der Waals surface area (Å²) in [6.45, 7) is 2.22. The number of sulfone groups is 1. The summed E-state index contributed by atoms with van der Waals surface area (Å²) in [6, 6.07) is 17.0. The fraction of sp³-hybridized carbons (Fsp3) is 0.364. The minimum atomic E-state index is -3.10. The van der Waals surface area contributed by atoms with E-state index in [4.69, 9.17) is 4.98 Å². The van der Waals surface area contributed by atoms with Gasteiger partial charge in [0.05, 0.1) is 40.4 Å². The molecule has 0 radical (unpaired) electrons. The molecule has 2 heterocycles. The molecular weight excluding hydrogens is 418 g/mol. The van der Waals surface area contributed by atoms with Gasteiger partial charge in [-0.15, -0.1) is 11.3 Å². The van der Waals surface area contributed by atoms with Crippen LogP contribution in [0.15, 0.2) is 54.6 Å². The van der Waals surface area contributed by atoms with E-state index in [-0.39, 0.29) is 36.0 Å². The van der Waals surface area contributed by atoms with Crippen molar-refractivity contribution in [2.45, 2.75) is 25.4 Å². The third-order valence-corrected chi connectivity index (χ3v) is 8.55. The summed E-state index contributed by atoms with van der Waals surface area (Å²) in [5.41, 5.74) is 1.71. The van der Waals surface area contributed by atoms with Gasteiger partial charge in [-0.25, -0.2) is 13.4 Å². The number of carbonyl (C=O) groups is 1. The average Bonchev–Trinajstić information content (AvgIpc) is 3.31. The van der Waals surface area contributed by atoms with E-state index in [1.807, 2.05) is 73.5 Å². The summed E-state index contributed by atoms with van der Waals surface area (Å²) in [4.78, 5) is 21.7. The maximum Gasteiger partial charge on any atom is 0.241 e. The Bertz CT molecular complexity index is 1110. The zero-order valence-corrected chi connectivity index (χ0v) is 18.7. The molecular formula is C22H25N3O3S2. The van der Waals surface area contributed by atoms with Gasteiger partial charge in [0.1, 0.15) is 5.01 Å². The molecule has 30 heavy (non-hydrogen) atoms. The second-order valence-electron chi connectivity index (χ2n) is 7.77. The van der Waals surface area contributed by atoms with Crippen LogP contribution in [0.4, 0.5) is 5.69 Å². The number of fused-ring (bicyclic) bond motifs is 1. The van der Waals surface area contributed by atoms with Crippen LogP contribution in [0.25, 0.3) is 10.2 Å². The molecule has 1 aliphatic heterocycles. The van der Waals surface area contributed by atoms with Gasteiger partial charge in [0.15, 0.2) is 9.84 Å². The second kappa shape index (κ2) is 8.45. The Balaban J connectivity index is 1.54. The topological polar surface area (TPSA) is 70.6 Å². The van der Waals surface area contributed by atoms with Crippen molar-refractivity contribution < 1.29 is 13.2 Å². The summed E-state index contributed by atoms with van der Waals surface area (Å²) in [5, 5.41) is 0.959. The molecule has 158 valence electrons. The Morgan fingerprint density at radius 2 is 1.87 bits per heavy atom. The molecule has 6 nitrogen and oxygen atoms in total. The third-order valence-electron chi connectivity index (χ3n) is 5.59. The first-order valence-corrected chi connectivity index (χ1v) is 12.6. The molecule has 1 aromatic heterocycles. The van der Waals surface area contributed by atoms with Gasteiger partial charge in [0.2, 0.25) is 5.91 Å². The van der Waals surface area contributed by atoms with Crippen LogP contribution in [0.5, 0.6) is 0 Å². The zero-order chi connectivity index (χ0) is 21.3. The van der Waals surface area contributed by atoms with Gasteiger partial charge in [-0.1, -0.05) is 30.3 Å². The van der Waals surface area contributed by atoms with Gasteiger partial charge in [-0.05, 0) is 44.7 Å². The number of amides is 1. The Hall–Kier alpha value is -2.29. The lowest BCUT2D eigenvalue weighted by Crippen LogP contribution is -2.46. The monoisotopic (exact) mass is 443 g/mol. The number of hydrogen-bond donors (Lipinski definition) is 0. The number of carbonyl (C=O) groups excluding carboxylic acids is 1. The first-order chi connectivity index (χ1) is 14.3. The molecule has 3 aromatic rings. The van der Waals surface area contributed by atoms with Crippen molar-refractivity contribution in [3.63, 3.8) is 0 Å². The minimum Gasteiger partial charge on any atom is -0.307 e. The maximum atomic E-state index is 13.3. The fourth-order valence-electron chi connectivity index (χ4n) is 3.81. The van der Waals surface area contributed by atoms with Crippen LogP contribution in [-0.2, 0) is 14.6 Å². The highest BCUT2D eigenvalue weighted by Crippen LogP contribution is 2.30. The van der Waals surface area contributed by atoms with E-state index < -0.39 is 9.84 Å². The molecule has 2 aromatic carbocycles. The number of nitrogens with zero attached hydrogens (tertiary/aromatic N) is 3. The molecule has 1 aliphatic rings. The quantitative estimate of drug-likeness (QED) is 0.583. The number of benzene rings is 2. The highest BCUT2D eigenvalue weighted by molar-refractivity contribution is 7.91. The van der Waals surface area contributed by atoms with Crippen LogP contribution >= 0.6 is 11.3 Å². The molecule has 0 bridgehead atoms. The number of thiazole rings is 1. The number of aromatic nitrogens is 1. The highest BCUT2D eigenvalue weighted by atomic mass is 32.2. The standard InChI is InChI=1S/C22H25N3O3S2/c1-16(22-23-19-10-6-7-11-20(19)29-22)24(2)14-21(26)25(17-8-4-3-5-9-17)18-12-13-30(27,28)15-18/h3-11,16,18H,12-15H2,1-2H3/t16-,18-/m1/s1. The van der Waals surface area contributed by atoms with E-state index in [0.717, 1.165) is 20.9 Å². The predicted molar refractivity (Wildman–Crippen MR) is 122 cm³/mol. The van der Waals surface area contributed by atoms with E-state index in [1.54, 1.807) is 16.2 Å². The largest absolute Gasteiger partial charge is 0.307 e. The van der Waals surface area contributed by atoms with Crippen molar-refractivity contribution in [2.24, 2.45) is 0 Å². The molecule has 2 atom stereocenters. The first-order valence-electron chi connectivity index (χ1n) is 9.97. The Morgan fingerprint density at radius 1 is 1.17 bits per heavy atom. The molecule has 0 spiro atoms. The summed E-state index contributed by atoms with van der Waals surface area (Å²) in [6.07, 6.45) is 0.472. The maximum absolute atomic E-state index is 13.3. The smallest absolute Gasteiger partial charge is 0.241 e. The van der Waals surface area contributed by atoms with E-state index in [0.29, 0.717) is 6.42 Å². The molecule has 0 N–H and O–H groups in total. The van der Waals surface area contributed by atoms with Crippen LogP contribution < -0.4 is 4.90 Å². The van der Waals surface area contributed by atoms with Gasteiger partial charge in [-0.2, -0.15) is 0 Å². The lowest BCUT2D eigenvalue weighted by molar-refractivity contribution is -0.120. The zero-order valence-electron chi connectivity index (χ0n) is 17.1. The van der Waals surface area contributed by atoms with Crippen molar-refractivity contribution >= 4 is 43.0 Å². The van der Waals surface area contributed by atoms with Crippen molar-refractivity contribution in [2.75, 3.05) is 30.0 Å². The molecule has 1 saturated heterocycles.